The van der Waals surface area contributed by atoms with Crippen molar-refractivity contribution in [3.63, 3.8) is 0 Å². The first kappa shape index (κ1) is 20.0. The molecule has 23 heavy (non-hydrogen) atoms. The molecule has 4 unspecified atom stereocenters. The molecule has 0 aromatic carbocycles. The van der Waals surface area contributed by atoms with Crippen molar-refractivity contribution in [3.05, 3.63) is 0 Å². The lowest BCUT2D eigenvalue weighted by atomic mass is 9.73. The Kier molecular flexibility index (Phi) is 9.29. The van der Waals surface area contributed by atoms with Gasteiger partial charge >= 0.3 is 5.97 Å². The standard InChI is InChI=1S/C20H35NO2/c1-15(2)7-5-8-16(3)9-6-10-17-11-12-18(14-21)19(13-17)20(22)23-4/h15-19H,5-13H2,1-4H3. The van der Waals surface area contributed by atoms with Crippen molar-refractivity contribution in [1.82, 2.24) is 0 Å². The SMILES string of the molecule is COC(=O)C1CC(CCCC(C)CCCC(C)C)CCC1C#N. The van der Waals surface area contributed by atoms with Gasteiger partial charge in [0, 0.05) is 0 Å². The number of rotatable bonds is 9. The van der Waals surface area contributed by atoms with Gasteiger partial charge in [-0.05, 0) is 37.0 Å². The molecule has 1 aliphatic rings. The van der Waals surface area contributed by atoms with E-state index in [1.807, 2.05) is 0 Å². The summed E-state index contributed by atoms with van der Waals surface area (Å²) in [6, 6.07) is 2.30. The van der Waals surface area contributed by atoms with Crippen molar-refractivity contribution in [1.29, 1.82) is 5.26 Å². The van der Waals surface area contributed by atoms with Crippen LogP contribution in [0.5, 0.6) is 0 Å². The van der Waals surface area contributed by atoms with Crippen molar-refractivity contribution >= 4 is 5.97 Å². The van der Waals surface area contributed by atoms with Gasteiger partial charge in [-0.3, -0.25) is 4.79 Å². The van der Waals surface area contributed by atoms with Crippen LogP contribution in [0.1, 0.15) is 78.6 Å². The molecule has 3 nitrogen and oxygen atoms in total. The predicted molar refractivity (Wildman–Crippen MR) is 93.7 cm³/mol. The van der Waals surface area contributed by atoms with Crippen LogP contribution in [0.4, 0.5) is 0 Å². The summed E-state index contributed by atoms with van der Waals surface area (Å²) in [5.41, 5.74) is 0. The summed E-state index contributed by atoms with van der Waals surface area (Å²) in [6.07, 6.45) is 10.5. The van der Waals surface area contributed by atoms with Crippen molar-refractivity contribution in [2.24, 2.45) is 29.6 Å². The molecule has 132 valence electrons. The Morgan fingerprint density at radius 2 is 1.87 bits per heavy atom. The third kappa shape index (κ3) is 7.38. The van der Waals surface area contributed by atoms with E-state index in [2.05, 4.69) is 26.8 Å². The van der Waals surface area contributed by atoms with Gasteiger partial charge in [0.05, 0.1) is 25.0 Å². The highest BCUT2D eigenvalue weighted by atomic mass is 16.5. The summed E-state index contributed by atoms with van der Waals surface area (Å²) in [6.45, 7) is 6.95. The number of hydrogen-bond donors (Lipinski definition) is 0. The lowest BCUT2D eigenvalue weighted by Gasteiger charge is -2.31. The van der Waals surface area contributed by atoms with Crippen LogP contribution < -0.4 is 0 Å². The Labute approximate surface area is 142 Å². The minimum absolute atomic E-state index is 0.145. The Balaban J connectivity index is 2.27. The third-order valence-corrected chi connectivity index (χ3v) is 5.42. The minimum Gasteiger partial charge on any atom is -0.469 e. The number of esters is 1. The lowest BCUT2D eigenvalue weighted by Crippen LogP contribution is -2.31. The summed E-state index contributed by atoms with van der Waals surface area (Å²) in [5.74, 6) is 1.67. The third-order valence-electron chi connectivity index (χ3n) is 5.42. The van der Waals surface area contributed by atoms with Crippen LogP contribution in [0.25, 0.3) is 0 Å². The van der Waals surface area contributed by atoms with Crippen LogP contribution in [-0.2, 0) is 9.53 Å². The van der Waals surface area contributed by atoms with E-state index in [0.717, 1.165) is 31.1 Å². The summed E-state index contributed by atoms with van der Waals surface area (Å²) in [4.78, 5) is 11.9. The number of hydrogen-bond acceptors (Lipinski definition) is 3. The average Bonchev–Trinajstić information content (AvgIpc) is 2.53. The fourth-order valence-electron chi connectivity index (χ4n) is 3.86. The highest BCUT2D eigenvalue weighted by molar-refractivity contribution is 5.73. The molecular weight excluding hydrogens is 286 g/mol. The molecule has 0 aliphatic heterocycles. The smallest absolute Gasteiger partial charge is 0.310 e. The zero-order chi connectivity index (χ0) is 17.2. The van der Waals surface area contributed by atoms with Gasteiger partial charge in [-0.1, -0.05) is 59.3 Å². The Morgan fingerprint density at radius 1 is 1.17 bits per heavy atom. The molecule has 0 aromatic heterocycles. The van der Waals surface area contributed by atoms with Gasteiger partial charge in [-0.2, -0.15) is 5.26 Å². The topological polar surface area (TPSA) is 50.1 Å². The Bertz CT molecular complexity index is 386. The average molecular weight is 322 g/mol. The number of nitrogens with zero attached hydrogens (tertiary/aromatic N) is 1. The molecule has 0 bridgehead atoms. The van der Waals surface area contributed by atoms with Gasteiger partial charge in [0.15, 0.2) is 0 Å². The van der Waals surface area contributed by atoms with Crippen LogP contribution in [0.2, 0.25) is 0 Å². The maximum Gasteiger partial charge on any atom is 0.310 e. The Hall–Kier alpha value is -1.04. The monoisotopic (exact) mass is 321 g/mol. The number of carbonyl (C=O) groups excluding carboxylic acids is 1. The summed E-state index contributed by atoms with van der Waals surface area (Å²) < 4.78 is 4.89. The molecule has 0 spiro atoms. The molecule has 1 fully saturated rings. The van der Waals surface area contributed by atoms with Crippen molar-refractivity contribution in [2.75, 3.05) is 7.11 Å². The van der Waals surface area contributed by atoms with Crippen LogP contribution in [-0.4, -0.2) is 13.1 Å². The van der Waals surface area contributed by atoms with Gasteiger partial charge < -0.3 is 4.74 Å². The fourth-order valence-corrected chi connectivity index (χ4v) is 3.86. The second-order valence-electron chi connectivity index (χ2n) is 7.91. The van der Waals surface area contributed by atoms with Crippen LogP contribution >= 0.6 is 0 Å². The van der Waals surface area contributed by atoms with Crippen LogP contribution in [0.3, 0.4) is 0 Å². The van der Waals surface area contributed by atoms with E-state index < -0.39 is 0 Å². The van der Waals surface area contributed by atoms with Gasteiger partial charge in [0.1, 0.15) is 0 Å². The van der Waals surface area contributed by atoms with Crippen LogP contribution in [0, 0.1) is 40.9 Å². The quantitative estimate of drug-likeness (QED) is 0.538. The van der Waals surface area contributed by atoms with E-state index in [0.29, 0.717) is 5.92 Å². The molecule has 4 atom stereocenters. The number of methoxy groups -OCH3 is 1. The molecule has 1 aliphatic carbocycles. The summed E-state index contributed by atoms with van der Waals surface area (Å²) in [5, 5.41) is 9.20. The zero-order valence-corrected chi connectivity index (χ0v) is 15.5. The number of ether oxygens (including phenoxy) is 1. The number of nitriles is 1. The normalized spacial score (nSPS) is 25.8. The zero-order valence-electron chi connectivity index (χ0n) is 15.5. The van der Waals surface area contributed by atoms with Crippen molar-refractivity contribution in [2.45, 2.75) is 78.6 Å². The highest BCUT2D eigenvalue weighted by Crippen LogP contribution is 2.37. The molecule has 0 N–H and O–H groups in total. The van der Waals surface area contributed by atoms with Gasteiger partial charge in [0.2, 0.25) is 0 Å². The first-order valence-corrected chi connectivity index (χ1v) is 9.45. The minimum atomic E-state index is -0.202. The first-order chi connectivity index (χ1) is 11.0. The van der Waals surface area contributed by atoms with Gasteiger partial charge in [-0.25, -0.2) is 0 Å². The van der Waals surface area contributed by atoms with Crippen LogP contribution in [0.15, 0.2) is 0 Å². The van der Waals surface area contributed by atoms with E-state index in [4.69, 9.17) is 4.74 Å². The molecule has 1 saturated carbocycles. The summed E-state index contributed by atoms with van der Waals surface area (Å²) in [7, 11) is 1.43. The number of carbonyl (C=O) groups is 1. The molecule has 0 saturated heterocycles. The van der Waals surface area contributed by atoms with E-state index in [1.54, 1.807) is 0 Å². The van der Waals surface area contributed by atoms with E-state index >= 15 is 0 Å². The largest absolute Gasteiger partial charge is 0.469 e. The van der Waals surface area contributed by atoms with E-state index in [-0.39, 0.29) is 17.8 Å². The summed E-state index contributed by atoms with van der Waals surface area (Å²) >= 11 is 0. The fraction of sp³-hybridized carbons (Fsp3) is 0.900. The molecule has 0 radical (unpaired) electrons. The molecule has 0 heterocycles. The van der Waals surface area contributed by atoms with E-state index in [9.17, 15) is 10.1 Å². The predicted octanol–water partition coefficient (Wildman–Crippen LogP) is 5.35. The highest BCUT2D eigenvalue weighted by Gasteiger charge is 2.35. The van der Waals surface area contributed by atoms with E-state index in [1.165, 1.54) is 45.6 Å². The molecule has 0 amide bonds. The Morgan fingerprint density at radius 3 is 2.48 bits per heavy atom. The second-order valence-corrected chi connectivity index (χ2v) is 7.91. The first-order valence-electron chi connectivity index (χ1n) is 9.45. The second kappa shape index (κ2) is 10.7. The van der Waals surface area contributed by atoms with Gasteiger partial charge in [-0.15, -0.1) is 0 Å². The molecular formula is C20H35NO2. The molecule has 0 aromatic rings. The van der Waals surface area contributed by atoms with Crippen molar-refractivity contribution < 1.29 is 9.53 Å². The molecule has 3 heteroatoms. The lowest BCUT2D eigenvalue weighted by molar-refractivity contribution is -0.148. The van der Waals surface area contributed by atoms with Crippen molar-refractivity contribution in [3.8, 4) is 6.07 Å². The molecule has 1 rings (SSSR count). The maximum absolute atomic E-state index is 11.9. The van der Waals surface area contributed by atoms with Gasteiger partial charge in [0.25, 0.3) is 0 Å². The maximum atomic E-state index is 11.9.